The number of hydrogen-bond acceptors (Lipinski definition) is 3. The number of amidine groups is 1. The molecule has 2 N–H and O–H groups in total. The van der Waals surface area contributed by atoms with Crippen molar-refractivity contribution >= 4 is 74.3 Å². The van der Waals surface area contributed by atoms with Crippen LogP contribution in [0.2, 0.25) is 0 Å². The Hall–Kier alpha value is -0.0900. The molecule has 0 heterocycles. The third kappa shape index (κ3) is 4.23. The first-order valence-electron chi connectivity index (χ1n) is 5.04. The van der Waals surface area contributed by atoms with E-state index in [2.05, 4.69) is 50.2 Å². The van der Waals surface area contributed by atoms with Gasteiger partial charge in [0.15, 0.2) is 0 Å². The third-order valence-electron chi connectivity index (χ3n) is 1.92. The molecule has 0 saturated heterocycles. The number of ether oxygens (including phenoxy) is 1. The quantitative estimate of drug-likeness (QED) is 0.231. The summed E-state index contributed by atoms with van der Waals surface area (Å²) >= 11 is 9.80. The van der Waals surface area contributed by atoms with E-state index in [4.69, 9.17) is 22.1 Å². The fraction of sp³-hybridized carbons (Fsp3) is 0.273. The molecule has 0 spiro atoms. The van der Waals surface area contributed by atoms with Crippen LogP contribution in [0.4, 0.5) is 5.69 Å². The summed E-state index contributed by atoms with van der Waals surface area (Å²) in [6, 6.07) is 3.45. The molecular formula is C11H11ClI2N2O2. The Balaban J connectivity index is 3.16. The van der Waals surface area contributed by atoms with Gasteiger partial charge in [-0.3, -0.25) is 0 Å². The summed E-state index contributed by atoms with van der Waals surface area (Å²) in [5.41, 5.74) is 6.84. The van der Waals surface area contributed by atoms with Crippen LogP contribution in [0.1, 0.15) is 17.3 Å². The van der Waals surface area contributed by atoms with Crippen LogP contribution in [-0.4, -0.2) is 24.3 Å². The number of benzene rings is 1. The molecule has 0 unspecified atom stereocenters. The molecule has 0 radical (unpaired) electrons. The lowest BCUT2D eigenvalue weighted by Crippen LogP contribution is -2.12. The number of carbonyl (C=O) groups is 1. The number of halogens is 3. The number of nitrogens with zero attached hydrogens (tertiary/aromatic N) is 1. The fourth-order valence-electron chi connectivity index (χ4n) is 1.18. The molecule has 7 heteroatoms. The molecule has 0 aliphatic carbocycles. The van der Waals surface area contributed by atoms with Crippen molar-refractivity contribution in [2.45, 2.75) is 6.92 Å². The minimum atomic E-state index is -0.339. The number of carbonyl (C=O) groups excluding carboxylic acids is 1. The maximum Gasteiger partial charge on any atom is 0.338 e. The molecule has 0 bridgehead atoms. The zero-order valence-corrected chi connectivity index (χ0v) is 14.6. The van der Waals surface area contributed by atoms with Gasteiger partial charge < -0.3 is 10.5 Å². The molecule has 0 fully saturated rings. The van der Waals surface area contributed by atoms with Gasteiger partial charge in [0.2, 0.25) is 0 Å². The highest BCUT2D eigenvalue weighted by molar-refractivity contribution is 14.1. The van der Waals surface area contributed by atoms with Crippen molar-refractivity contribution in [3.63, 3.8) is 0 Å². The first kappa shape index (κ1) is 16.0. The zero-order chi connectivity index (χ0) is 13.7. The van der Waals surface area contributed by atoms with Gasteiger partial charge in [-0.05, 0) is 64.2 Å². The van der Waals surface area contributed by atoms with Gasteiger partial charge in [-0.1, -0.05) is 0 Å². The SMILES string of the molecule is CCOC(=O)c1cc(I)c(N=C(N)CCl)c(I)c1. The van der Waals surface area contributed by atoms with E-state index in [-0.39, 0.29) is 11.8 Å². The van der Waals surface area contributed by atoms with Gasteiger partial charge in [0, 0.05) is 7.14 Å². The number of hydrogen-bond donors (Lipinski definition) is 1. The predicted octanol–water partition coefficient (Wildman–Crippen LogP) is 3.30. The lowest BCUT2D eigenvalue weighted by Gasteiger charge is -2.07. The smallest absolute Gasteiger partial charge is 0.338 e. The van der Waals surface area contributed by atoms with Crippen molar-refractivity contribution < 1.29 is 9.53 Å². The highest BCUT2D eigenvalue weighted by Crippen LogP contribution is 2.29. The first-order valence-corrected chi connectivity index (χ1v) is 7.74. The Morgan fingerprint density at radius 2 is 2.00 bits per heavy atom. The maximum atomic E-state index is 11.6. The highest BCUT2D eigenvalue weighted by Gasteiger charge is 2.13. The molecule has 1 rings (SSSR count). The van der Waals surface area contributed by atoms with Gasteiger partial charge >= 0.3 is 5.97 Å². The summed E-state index contributed by atoms with van der Waals surface area (Å²) in [6.07, 6.45) is 0. The summed E-state index contributed by atoms with van der Waals surface area (Å²) in [6.45, 7) is 2.12. The molecule has 18 heavy (non-hydrogen) atoms. The molecule has 0 saturated carbocycles. The average molecular weight is 492 g/mol. The van der Waals surface area contributed by atoms with Gasteiger partial charge in [-0.25, -0.2) is 9.79 Å². The van der Waals surface area contributed by atoms with E-state index in [0.29, 0.717) is 18.0 Å². The lowest BCUT2D eigenvalue weighted by atomic mass is 10.2. The lowest BCUT2D eigenvalue weighted by molar-refractivity contribution is 0.0526. The minimum absolute atomic E-state index is 0.172. The standard InChI is InChI=1S/C11H11ClI2N2O2/c1-2-18-11(17)6-3-7(13)10(8(14)4-6)16-9(15)5-12/h3-4H,2,5H2,1H3,(H2,15,16). The van der Waals surface area contributed by atoms with Crippen LogP contribution in [0, 0.1) is 7.14 Å². The molecule has 0 aliphatic heterocycles. The van der Waals surface area contributed by atoms with Crippen molar-refractivity contribution in [2.24, 2.45) is 10.7 Å². The second-order valence-corrected chi connectivity index (χ2v) is 5.84. The number of rotatable bonds is 4. The highest BCUT2D eigenvalue weighted by atomic mass is 127. The monoisotopic (exact) mass is 492 g/mol. The number of esters is 1. The van der Waals surface area contributed by atoms with E-state index in [1.165, 1.54) is 0 Å². The van der Waals surface area contributed by atoms with Gasteiger partial charge in [0.05, 0.1) is 23.7 Å². The maximum absolute atomic E-state index is 11.6. The van der Waals surface area contributed by atoms with Gasteiger partial charge in [0.1, 0.15) is 5.84 Å². The van der Waals surface area contributed by atoms with Crippen LogP contribution in [0.15, 0.2) is 17.1 Å². The normalized spacial score (nSPS) is 11.4. The van der Waals surface area contributed by atoms with E-state index in [0.717, 1.165) is 12.8 Å². The van der Waals surface area contributed by atoms with Crippen LogP contribution in [0.25, 0.3) is 0 Å². The van der Waals surface area contributed by atoms with Crippen LogP contribution in [0.3, 0.4) is 0 Å². The van der Waals surface area contributed by atoms with Crippen molar-refractivity contribution in [3.05, 3.63) is 24.8 Å². The molecule has 1 aromatic carbocycles. The van der Waals surface area contributed by atoms with E-state index >= 15 is 0 Å². The topological polar surface area (TPSA) is 64.7 Å². The van der Waals surface area contributed by atoms with Crippen molar-refractivity contribution in [2.75, 3.05) is 12.5 Å². The molecule has 4 nitrogen and oxygen atoms in total. The average Bonchev–Trinajstić information content (AvgIpc) is 2.33. The van der Waals surface area contributed by atoms with Gasteiger partial charge in [0.25, 0.3) is 0 Å². The van der Waals surface area contributed by atoms with E-state index < -0.39 is 0 Å². The van der Waals surface area contributed by atoms with Gasteiger partial charge in [-0.15, -0.1) is 11.6 Å². The molecular weight excluding hydrogens is 481 g/mol. The number of aliphatic imine (C=N–C) groups is 1. The van der Waals surface area contributed by atoms with Gasteiger partial charge in [-0.2, -0.15) is 0 Å². The molecule has 0 aromatic heterocycles. The Bertz CT molecular complexity index is 469. The second kappa shape index (κ2) is 7.49. The van der Waals surface area contributed by atoms with Crippen LogP contribution >= 0.6 is 56.8 Å². The predicted molar refractivity (Wildman–Crippen MR) is 89.8 cm³/mol. The second-order valence-electron chi connectivity index (χ2n) is 3.25. The minimum Gasteiger partial charge on any atom is -0.462 e. The first-order chi connectivity index (χ1) is 8.49. The summed E-state index contributed by atoms with van der Waals surface area (Å²) in [7, 11) is 0. The molecule has 0 aliphatic rings. The largest absolute Gasteiger partial charge is 0.462 e. The summed E-state index contributed by atoms with van der Waals surface area (Å²) in [5.74, 6) is 0.178. The Labute approximate surface area is 138 Å². The zero-order valence-electron chi connectivity index (χ0n) is 9.54. The summed E-state index contributed by atoms with van der Waals surface area (Å²) in [4.78, 5) is 15.8. The van der Waals surface area contributed by atoms with Crippen molar-refractivity contribution in [3.8, 4) is 0 Å². The van der Waals surface area contributed by atoms with E-state index in [1.54, 1.807) is 19.1 Å². The molecule has 98 valence electrons. The molecule has 0 amide bonds. The number of alkyl halides is 1. The van der Waals surface area contributed by atoms with Crippen molar-refractivity contribution in [1.29, 1.82) is 0 Å². The Morgan fingerprint density at radius 3 is 2.44 bits per heavy atom. The summed E-state index contributed by atoms with van der Waals surface area (Å²) < 4.78 is 6.61. The third-order valence-corrected chi connectivity index (χ3v) is 3.84. The Morgan fingerprint density at radius 1 is 1.44 bits per heavy atom. The van der Waals surface area contributed by atoms with E-state index in [1.807, 2.05) is 0 Å². The van der Waals surface area contributed by atoms with Crippen LogP contribution in [0.5, 0.6) is 0 Å². The fourth-order valence-corrected chi connectivity index (χ4v) is 3.25. The summed E-state index contributed by atoms with van der Waals surface area (Å²) in [5, 5.41) is 0. The Kier molecular flexibility index (Phi) is 6.64. The van der Waals surface area contributed by atoms with Crippen molar-refractivity contribution in [1.82, 2.24) is 0 Å². The molecule has 1 aromatic rings. The number of nitrogens with two attached hydrogens (primary N) is 1. The van der Waals surface area contributed by atoms with Crippen LogP contribution < -0.4 is 5.73 Å². The van der Waals surface area contributed by atoms with E-state index in [9.17, 15) is 4.79 Å². The molecule has 0 atom stereocenters. The van der Waals surface area contributed by atoms with Crippen LogP contribution in [-0.2, 0) is 4.74 Å².